The molecule has 5 heteroatoms. The summed E-state index contributed by atoms with van der Waals surface area (Å²) in [6, 6.07) is 7.55. The van der Waals surface area contributed by atoms with E-state index >= 15 is 0 Å². The number of benzene rings is 1. The molecule has 0 atom stereocenters. The summed E-state index contributed by atoms with van der Waals surface area (Å²) in [5, 5.41) is 7.11. The van der Waals surface area contributed by atoms with Crippen LogP contribution in [0.1, 0.15) is 83.6 Å². The molecule has 0 aliphatic heterocycles. The Labute approximate surface area is 163 Å². The summed E-state index contributed by atoms with van der Waals surface area (Å²) < 4.78 is 0. The van der Waals surface area contributed by atoms with E-state index in [0.29, 0.717) is 6.42 Å². The smallest absolute Gasteiger partial charge is 0.240 e. The van der Waals surface area contributed by atoms with E-state index in [4.69, 9.17) is 0 Å². The monoisotopic (exact) mass is 371 g/mol. The quantitative estimate of drug-likeness (QED) is 0.308. The topological polar surface area (TPSA) is 70.6 Å². The van der Waals surface area contributed by atoms with Crippen LogP contribution in [0.15, 0.2) is 29.4 Å². The molecule has 27 heavy (non-hydrogen) atoms. The third kappa shape index (κ3) is 8.37. The Kier molecular flexibility index (Phi) is 9.02. The minimum absolute atomic E-state index is 0.0313. The number of carbonyl (C=O) groups excluding carboxylic acids is 2. The number of rotatable bonds is 12. The lowest BCUT2D eigenvalue weighted by molar-refractivity contribution is -0.121. The molecule has 0 aromatic heterocycles. The van der Waals surface area contributed by atoms with Crippen molar-refractivity contribution in [2.45, 2.75) is 78.1 Å². The molecular formula is C22H33N3O2. The van der Waals surface area contributed by atoms with Crippen molar-refractivity contribution in [2.24, 2.45) is 11.0 Å². The van der Waals surface area contributed by atoms with Gasteiger partial charge in [-0.3, -0.25) is 9.59 Å². The third-order valence-electron chi connectivity index (χ3n) is 4.87. The maximum atomic E-state index is 11.9. The summed E-state index contributed by atoms with van der Waals surface area (Å²) in [5.74, 6) is 0.265. The van der Waals surface area contributed by atoms with Crippen LogP contribution in [0, 0.1) is 5.92 Å². The van der Waals surface area contributed by atoms with Gasteiger partial charge < -0.3 is 5.32 Å². The van der Waals surface area contributed by atoms with Crippen molar-refractivity contribution in [3.8, 4) is 0 Å². The predicted octanol–water partition coefficient (Wildman–Crippen LogP) is 5.02. The van der Waals surface area contributed by atoms with E-state index in [1.807, 2.05) is 31.2 Å². The van der Waals surface area contributed by atoms with E-state index in [1.165, 1.54) is 32.1 Å². The molecule has 1 aliphatic rings. The first-order valence-corrected chi connectivity index (χ1v) is 10.3. The molecule has 1 fully saturated rings. The molecule has 0 spiro atoms. The largest absolute Gasteiger partial charge is 0.326 e. The molecule has 0 bridgehead atoms. The molecule has 0 saturated heterocycles. The van der Waals surface area contributed by atoms with Gasteiger partial charge in [-0.1, -0.05) is 57.6 Å². The standard InChI is InChI=1S/C22H33N3O2/c1-3-4-5-6-7-8-9-10-21(26)25-24-17(2)18-13-15-20(16-14-18)23-22(27)19-11-12-19/h13-16,19H,3-12H2,1-2H3,(H,23,27)(H,25,26)/b24-17-. The van der Waals surface area contributed by atoms with Gasteiger partial charge in [-0.05, 0) is 43.9 Å². The van der Waals surface area contributed by atoms with Crippen LogP contribution >= 0.6 is 0 Å². The zero-order valence-electron chi connectivity index (χ0n) is 16.7. The molecule has 148 valence electrons. The molecule has 0 heterocycles. The number of unbranched alkanes of at least 4 members (excludes halogenated alkanes) is 6. The number of hydrazone groups is 1. The molecular weight excluding hydrogens is 338 g/mol. The van der Waals surface area contributed by atoms with E-state index < -0.39 is 0 Å². The second-order valence-corrected chi connectivity index (χ2v) is 7.44. The Morgan fingerprint density at radius 2 is 1.63 bits per heavy atom. The van der Waals surface area contributed by atoms with Gasteiger partial charge in [-0.2, -0.15) is 5.10 Å². The molecule has 1 aliphatic carbocycles. The summed E-state index contributed by atoms with van der Waals surface area (Å²) in [6.45, 7) is 4.08. The summed E-state index contributed by atoms with van der Waals surface area (Å²) in [5.41, 5.74) is 5.12. The minimum Gasteiger partial charge on any atom is -0.326 e. The first kappa shape index (κ1) is 21.1. The number of nitrogens with zero attached hydrogens (tertiary/aromatic N) is 1. The van der Waals surface area contributed by atoms with Gasteiger partial charge in [0.1, 0.15) is 0 Å². The van der Waals surface area contributed by atoms with Gasteiger partial charge in [0.25, 0.3) is 0 Å². The summed E-state index contributed by atoms with van der Waals surface area (Å²) in [7, 11) is 0. The van der Waals surface area contributed by atoms with Gasteiger partial charge in [-0.25, -0.2) is 5.43 Å². The number of amides is 2. The Bertz CT molecular complexity index is 633. The molecule has 2 rings (SSSR count). The predicted molar refractivity (Wildman–Crippen MR) is 111 cm³/mol. The van der Waals surface area contributed by atoms with Crippen molar-refractivity contribution in [1.29, 1.82) is 0 Å². The highest BCUT2D eigenvalue weighted by Gasteiger charge is 2.29. The Morgan fingerprint density at radius 3 is 2.26 bits per heavy atom. The average molecular weight is 372 g/mol. The summed E-state index contributed by atoms with van der Waals surface area (Å²) >= 11 is 0. The van der Waals surface area contributed by atoms with E-state index in [2.05, 4.69) is 22.8 Å². The maximum Gasteiger partial charge on any atom is 0.240 e. The zero-order chi connectivity index (χ0) is 19.5. The number of hydrogen-bond acceptors (Lipinski definition) is 3. The maximum absolute atomic E-state index is 11.9. The van der Waals surface area contributed by atoms with Crippen molar-refractivity contribution in [2.75, 3.05) is 5.32 Å². The average Bonchev–Trinajstić information content (AvgIpc) is 3.51. The van der Waals surface area contributed by atoms with E-state index in [-0.39, 0.29) is 17.7 Å². The Hall–Kier alpha value is -2.17. The van der Waals surface area contributed by atoms with Crippen molar-refractivity contribution in [3.05, 3.63) is 29.8 Å². The SMILES string of the molecule is CCCCCCCCCC(=O)N/N=C(/C)c1ccc(NC(=O)C2CC2)cc1. The fourth-order valence-electron chi connectivity index (χ4n) is 2.89. The molecule has 5 nitrogen and oxygen atoms in total. The normalized spacial score (nSPS) is 14.1. The second-order valence-electron chi connectivity index (χ2n) is 7.44. The van der Waals surface area contributed by atoms with Crippen LogP contribution in [-0.4, -0.2) is 17.5 Å². The number of anilines is 1. The first-order valence-electron chi connectivity index (χ1n) is 10.3. The van der Waals surface area contributed by atoms with Crippen LogP contribution in [-0.2, 0) is 9.59 Å². The molecule has 1 saturated carbocycles. The van der Waals surface area contributed by atoms with E-state index in [9.17, 15) is 9.59 Å². The van der Waals surface area contributed by atoms with Gasteiger partial charge in [0, 0.05) is 18.0 Å². The highest BCUT2D eigenvalue weighted by Crippen LogP contribution is 2.30. The van der Waals surface area contributed by atoms with Gasteiger partial charge in [0.05, 0.1) is 5.71 Å². The fourth-order valence-corrected chi connectivity index (χ4v) is 2.89. The highest BCUT2D eigenvalue weighted by molar-refractivity contribution is 6.00. The molecule has 1 aromatic carbocycles. The zero-order valence-corrected chi connectivity index (χ0v) is 16.7. The van der Waals surface area contributed by atoms with Gasteiger partial charge in [0.2, 0.25) is 11.8 Å². The van der Waals surface area contributed by atoms with Crippen LogP contribution in [0.2, 0.25) is 0 Å². The summed E-state index contributed by atoms with van der Waals surface area (Å²) in [4.78, 5) is 23.7. The molecule has 0 unspecified atom stereocenters. The van der Waals surface area contributed by atoms with Gasteiger partial charge in [-0.15, -0.1) is 0 Å². The molecule has 2 N–H and O–H groups in total. The van der Waals surface area contributed by atoms with Crippen LogP contribution < -0.4 is 10.7 Å². The fraction of sp³-hybridized carbons (Fsp3) is 0.591. The van der Waals surface area contributed by atoms with Gasteiger partial charge in [0.15, 0.2) is 0 Å². The number of hydrogen-bond donors (Lipinski definition) is 2. The lowest BCUT2D eigenvalue weighted by atomic mass is 10.1. The number of nitrogens with one attached hydrogen (secondary N) is 2. The van der Waals surface area contributed by atoms with E-state index in [1.54, 1.807) is 0 Å². The van der Waals surface area contributed by atoms with Crippen molar-refractivity contribution < 1.29 is 9.59 Å². The molecule has 0 radical (unpaired) electrons. The van der Waals surface area contributed by atoms with Crippen LogP contribution in [0.4, 0.5) is 5.69 Å². The van der Waals surface area contributed by atoms with E-state index in [0.717, 1.165) is 42.6 Å². The lowest BCUT2D eigenvalue weighted by Crippen LogP contribution is -2.18. The van der Waals surface area contributed by atoms with Crippen LogP contribution in [0.5, 0.6) is 0 Å². The van der Waals surface area contributed by atoms with Crippen LogP contribution in [0.25, 0.3) is 0 Å². The lowest BCUT2D eigenvalue weighted by Gasteiger charge is -2.06. The first-order chi connectivity index (χ1) is 13.1. The summed E-state index contributed by atoms with van der Waals surface area (Å²) in [6.07, 6.45) is 10.9. The highest BCUT2D eigenvalue weighted by atomic mass is 16.2. The minimum atomic E-state index is -0.0313. The van der Waals surface area contributed by atoms with Crippen molar-refractivity contribution >= 4 is 23.2 Å². The Morgan fingerprint density at radius 1 is 1.00 bits per heavy atom. The van der Waals surface area contributed by atoms with Crippen LogP contribution in [0.3, 0.4) is 0 Å². The van der Waals surface area contributed by atoms with Gasteiger partial charge >= 0.3 is 0 Å². The third-order valence-corrected chi connectivity index (χ3v) is 4.87. The second kappa shape index (κ2) is 11.5. The molecule has 1 aromatic rings. The van der Waals surface area contributed by atoms with Crippen molar-refractivity contribution in [3.63, 3.8) is 0 Å². The number of carbonyl (C=O) groups is 2. The molecule has 2 amide bonds. The van der Waals surface area contributed by atoms with Crippen molar-refractivity contribution in [1.82, 2.24) is 5.43 Å². The Balaban J connectivity index is 1.66.